The van der Waals surface area contributed by atoms with Crippen LogP contribution in [-0.4, -0.2) is 24.8 Å². The number of esters is 1. The molecule has 2 rings (SSSR count). The second-order valence-electron chi connectivity index (χ2n) is 4.84. The van der Waals surface area contributed by atoms with Crippen molar-refractivity contribution in [3.8, 4) is 0 Å². The molecule has 0 spiro atoms. The minimum absolute atomic E-state index is 0.197. The summed E-state index contributed by atoms with van der Waals surface area (Å²) in [6.07, 6.45) is 3.82. The molecule has 0 N–H and O–H groups in total. The van der Waals surface area contributed by atoms with Crippen LogP contribution in [0.15, 0.2) is 28.7 Å². The minimum atomic E-state index is -0.618. The van der Waals surface area contributed by atoms with Crippen LogP contribution in [-0.2, 0) is 20.7 Å². The van der Waals surface area contributed by atoms with Crippen LogP contribution in [0, 0.1) is 0 Å². The lowest BCUT2D eigenvalue weighted by Crippen LogP contribution is -2.27. The van der Waals surface area contributed by atoms with Gasteiger partial charge in [0.1, 0.15) is 0 Å². The van der Waals surface area contributed by atoms with Gasteiger partial charge in [0.2, 0.25) is 0 Å². The summed E-state index contributed by atoms with van der Waals surface area (Å²) in [4.78, 5) is 11.7. The van der Waals surface area contributed by atoms with Crippen molar-refractivity contribution >= 4 is 21.9 Å². The van der Waals surface area contributed by atoms with Gasteiger partial charge in [-0.1, -0.05) is 28.1 Å². The molecular formula is C15H19BrO3. The predicted octanol–water partition coefficient (Wildman–Crippen LogP) is 3.49. The molecule has 1 heterocycles. The highest BCUT2D eigenvalue weighted by Gasteiger charge is 2.52. The highest BCUT2D eigenvalue weighted by molar-refractivity contribution is 9.10. The van der Waals surface area contributed by atoms with Crippen LogP contribution in [0.5, 0.6) is 0 Å². The van der Waals surface area contributed by atoms with E-state index in [2.05, 4.69) is 28.1 Å². The topological polar surface area (TPSA) is 38.8 Å². The summed E-state index contributed by atoms with van der Waals surface area (Å²) < 4.78 is 11.4. The minimum Gasteiger partial charge on any atom is -0.464 e. The van der Waals surface area contributed by atoms with Crippen LogP contribution in [0.2, 0.25) is 0 Å². The molecule has 1 unspecified atom stereocenters. The summed E-state index contributed by atoms with van der Waals surface area (Å²) in [6, 6.07) is 8.33. The van der Waals surface area contributed by atoms with E-state index < -0.39 is 5.60 Å². The molecule has 1 fully saturated rings. The van der Waals surface area contributed by atoms with Crippen molar-refractivity contribution in [3.05, 3.63) is 34.3 Å². The first-order chi connectivity index (χ1) is 9.16. The number of epoxide rings is 1. The summed E-state index contributed by atoms with van der Waals surface area (Å²) >= 11 is 3.47. The molecule has 1 saturated heterocycles. The summed E-state index contributed by atoms with van der Waals surface area (Å²) in [5.41, 5.74) is 0.698. The third-order valence-electron chi connectivity index (χ3n) is 3.33. The highest BCUT2D eigenvalue weighted by Crippen LogP contribution is 2.34. The first-order valence-corrected chi connectivity index (χ1v) is 7.51. The molecule has 3 nitrogen and oxygen atoms in total. The van der Waals surface area contributed by atoms with Gasteiger partial charge >= 0.3 is 5.97 Å². The first-order valence-electron chi connectivity index (χ1n) is 6.72. The van der Waals surface area contributed by atoms with Crippen molar-refractivity contribution < 1.29 is 14.3 Å². The molecule has 104 valence electrons. The summed E-state index contributed by atoms with van der Waals surface area (Å²) in [7, 11) is 0. The van der Waals surface area contributed by atoms with Crippen molar-refractivity contribution in [2.45, 2.75) is 38.2 Å². The Balaban J connectivity index is 1.71. The van der Waals surface area contributed by atoms with Gasteiger partial charge in [0.25, 0.3) is 0 Å². The van der Waals surface area contributed by atoms with Crippen LogP contribution in [0.3, 0.4) is 0 Å². The lowest BCUT2D eigenvalue weighted by atomic mass is 10.0. The average Bonchev–Trinajstić information content (AvgIpc) is 3.16. The Morgan fingerprint density at radius 1 is 1.47 bits per heavy atom. The van der Waals surface area contributed by atoms with Crippen molar-refractivity contribution in [2.75, 3.05) is 13.2 Å². The number of aryl methyl sites for hydroxylation is 1. The molecule has 19 heavy (non-hydrogen) atoms. The molecule has 0 radical (unpaired) electrons. The number of unbranched alkanes of at least 4 members (excludes halogenated alkanes) is 1. The SMILES string of the molecule is CCOC(=O)C1(CCCCc2cccc(Br)c2)CO1. The number of carbonyl (C=O) groups is 1. The Morgan fingerprint density at radius 2 is 2.26 bits per heavy atom. The van der Waals surface area contributed by atoms with Gasteiger partial charge < -0.3 is 9.47 Å². The maximum absolute atomic E-state index is 11.7. The standard InChI is InChI=1S/C15H19BrO3/c1-2-18-14(17)15(11-19-15)9-4-3-6-12-7-5-8-13(16)10-12/h5,7-8,10H,2-4,6,9,11H2,1H3. The fraction of sp³-hybridized carbons (Fsp3) is 0.533. The molecular weight excluding hydrogens is 308 g/mol. The van der Waals surface area contributed by atoms with Gasteiger partial charge in [-0.3, -0.25) is 0 Å². The van der Waals surface area contributed by atoms with Crippen LogP contribution >= 0.6 is 15.9 Å². The van der Waals surface area contributed by atoms with Gasteiger partial charge in [-0.2, -0.15) is 0 Å². The number of rotatable bonds is 7. The Labute approximate surface area is 122 Å². The number of carbonyl (C=O) groups excluding carboxylic acids is 1. The van der Waals surface area contributed by atoms with Crippen LogP contribution < -0.4 is 0 Å². The zero-order valence-corrected chi connectivity index (χ0v) is 12.7. The Hall–Kier alpha value is -0.870. The number of benzene rings is 1. The van der Waals surface area contributed by atoms with E-state index in [1.165, 1.54) is 5.56 Å². The van der Waals surface area contributed by atoms with Crippen molar-refractivity contribution in [2.24, 2.45) is 0 Å². The summed E-state index contributed by atoms with van der Waals surface area (Å²) in [6.45, 7) is 2.76. The fourth-order valence-corrected chi connectivity index (χ4v) is 2.59. The molecule has 0 saturated carbocycles. The van der Waals surface area contributed by atoms with E-state index >= 15 is 0 Å². The third kappa shape index (κ3) is 4.05. The van der Waals surface area contributed by atoms with E-state index in [-0.39, 0.29) is 5.97 Å². The smallest absolute Gasteiger partial charge is 0.340 e. The lowest BCUT2D eigenvalue weighted by molar-refractivity contribution is -0.149. The average molecular weight is 327 g/mol. The quantitative estimate of drug-likeness (QED) is 0.437. The maximum atomic E-state index is 11.7. The van der Waals surface area contributed by atoms with Gasteiger partial charge in [0.15, 0.2) is 5.60 Å². The zero-order chi connectivity index (χ0) is 13.7. The third-order valence-corrected chi connectivity index (χ3v) is 3.82. The van der Waals surface area contributed by atoms with E-state index in [0.29, 0.717) is 13.2 Å². The Bertz CT molecular complexity index is 441. The Kier molecular flexibility index (Phi) is 4.99. The fourth-order valence-electron chi connectivity index (χ4n) is 2.15. The number of hydrogen-bond donors (Lipinski definition) is 0. The van der Waals surface area contributed by atoms with Gasteiger partial charge in [-0.25, -0.2) is 4.79 Å². The molecule has 1 aromatic carbocycles. The van der Waals surface area contributed by atoms with Crippen molar-refractivity contribution in [1.82, 2.24) is 0 Å². The van der Waals surface area contributed by atoms with Gasteiger partial charge in [0, 0.05) is 4.47 Å². The monoisotopic (exact) mass is 326 g/mol. The number of halogens is 1. The summed E-state index contributed by atoms with van der Waals surface area (Å²) in [5.74, 6) is -0.197. The second kappa shape index (κ2) is 6.53. The summed E-state index contributed by atoms with van der Waals surface area (Å²) in [5, 5.41) is 0. The largest absolute Gasteiger partial charge is 0.464 e. The molecule has 0 amide bonds. The van der Waals surface area contributed by atoms with E-state index in [9.17, 15) is 4.79 Å². The maximum Gasteiger partial charge on any atom is 0.340 e. The molecule has 0 aliphatic carbocycles. The van der Waals surface area contributed by atoms with Gasteiger partial charge in [0.05, 0.1) is 13.2 Å². The van der Waals surface area contributed by atoms with Crippen LogP contribution in [0.25, 0.3) is 0 Å². The molecule has 0 bridgehead atoms. The van der Waals surface area contributed by atoms with E-state index in [4.69, 9.17) is 9.47 Å². The molecule has 0 aromatic heterocycles. The van der Waals surface area contributed by atoms with E-state index in [0.717, 1.165) is 30.2 Å². The number of ether oxygens (including phenoxy) is 2. The van der Waals surface area contributed by atoms with Gasteiger partial charge in [-0.15, -0.1) is 0 Å². The highest BCUT2D eigenvalue weighted by atomic mass is 79.9. The Morgan fingerprint density at radius 3 is 2.89 bits per heavy atom. The predicted molar refractivity (Wildman–Crippen MR) is 77.0 cm³/mol. The van der Waals surface area contributed by atoms with Gasteiger partial charge in [-0.05, 0) is 50.3 Å². The second-order valence-corrected chi connectivity index (χ2v) is 5.76. The molecule has 1 atom stereocenters. The molecule has 1 aromatic rings. The van der Waals surface area contributed by atoms with E-state index in [1.807, 2.05) is 19.1 Å². The van der Waals surface area contributed by atoms with Crippen molar-refractivity contribution in [1.29, 1.82) is 0 Å². The van der Waals surface area contributed by atoms with Crippen molar-refractivity contribution in [3.63, 3.8) is 0 Å². The van der Waals surface area contributed by atoms with Crippen LogP contribution in [0.1, 0.15) is 31.7 Å². The molecule has 1 aliphatic heterocycles. The van der Waals surface area contributed by atoms with E-state index in [1.54, 1.807) is 0 Å². The first kappa shape index (κ1) is 14.5. The number of hydrogen-bond acceptors (Lipinski definition) is 3. The zero-order valence-electron chi connectivity index (χ0n) is 11.2. The van der Waals surface area contributed by atoms with Crippen LogP contribution in [0.4, 0.5) is 0 Å². The normalized spacial score (nSPS) is 21.2. The molecule has 4 heteroatoms. The molecule has 1 aliphatic rings. The lowest BCUT2D eigenvalue weighted by Gasteiger charge is -2.10.